The molecule has 0 heterocycles. The van der Waals surface area contributed by atoms with Crippen molar-refractivity contribution in [2.24, 2.45) is 0 Å². The van der Waals surface area contributed by atoms with Crippen LogP contribution in [0.25, 0.3) is 0 Å². The van der Waals surface area contributed by atoms with Crippen LogP contribution in [-0.4, -0.2) is 58.2 Å². The Labute approximate surface area is 147 Å². The fraction of sp³-hybridized carbons (Fsp3) is 0. The zero-order valence-corrected chi connectivity index (χ0v) is 14.1. The molecule has 0 spiro atoms. The number of ketones is 4. The molecule has 12 nitrogen and oxygen atoms in total. The Bertz CT molecular complexity index is 703. The average molecular weight is 412 g/mol. The predicted molar refractivity (Wildman–Crippen MR) is 84.9 cm³/mol. The van der Waals surface area contributed by atoms with Gasteiger partial charge >= 0.3 is 20.8 Å². The summed E-state index contributed by atoms with van der Waals surface area (Å²) in [6.07, 6.45) is 10.0. The first-order valence-corrected chi connectivity index (χ1v) is 8.65. The first-order valence-electron chi connectivity index (χ1n) is 5.86. The van der Waals surface area contributed by atoms with Crippen LogP contribution in [0.1, 0.15) is 0 Å². The van der Waals surface area contributed by atoms with Crippen molar-refractivity contribution in [3.63, 3.8) is 0 Å². The summed E-state index contributed by atoms with van der Waals surface area (Å²) in [7, 11) is -9.33. The Morgan fingerprint density at radius 2 is 0.500 bits per heavy atom. The smallest absolute Gasteiger partial charge is 0.290 e. The summed E-state index contributed by atoms with van der Waals surface area (Å²) in [6, 6.07) is 0. The standard InChI is InChI=1S/2C6H4O2.2H2O4S/c2*7-5-1-2-6(8)4-3-5;2*1-5(2,3)4/h2*1-4H;2*(H2,1,2,3,4). The van der Waals surface area contributed by atoms with Gasteiger partial charge in [0.05, 0.1) is 0 Å². The second-order valence-electron chi connectivity index (χ2n) is 3.84. The Morgan fingerprint density at radius 1 is 0.423 bits per heavy atom. The molecule has 26 heavy (non-hydrogen) atoms. The molecular weight excluding hydrogens is 400 g/mol. The fourth-order valence-corrected chi connectivity index (χ4v) is 0.879. The van der Waals surface area contributed by atoms with Gasteiger partial charge in [-0.3, -0.25) is 37.4 Å². The Hall–Kier alpha value is -2.62. The Balaban J connectivity index is 0. The van der Waals surface area contributed by atoms with Crippen LogP contribution in [0.4, 0.5) is 0 Å². The van der Waals surface area contributed by atoms with Crippen LogP contribution in [0.5, 0.6) is 0 Å². The van der Waals surface area contributed by atoms with Gasteiger partial charge in [0.25, 0.3) is 0 Å². The van der Waals surface area contributed by atoms with Crippen LogP contribution in [-0.2, 0) is 40.0 Å². The van der Waals surface area contributed by atoms with E-state index in [-0.39, 0.29) is 23.1 Å². The van der Waals surface area contributed by atoms with Crippen LogP contribution in [0.3, 0.4) is 0 Å². The Morgan fingerprint density at radius 3 is 0.577 bits per heavy atom. The normalized spacial score (nSPS) is 15.2. The molecule has 0 aromatic heterocycles. The predicted octanol–water partition coefficient (Wildman–Crippen LogP) is -0.804. The lowest BCUT2D eigenvalue weighted by Gasteiger charge is -1.87. The van der Waals surface area contributed by atoms with Gasteiger partial charge in [-0.15, -0.1) is 0 Å². The topological polar surface area (TPSA) is 217 Å². The summed E-state index contributed by atoms with van der Waals surface area (Å²) in [4.78, 5) is 41.1. The van der Waals surface area contributed by atoms with E-state index in [0.29, 0.717) is 0 Å². The summed E-state index contributed by atoms with van der Waals surface area (Å²) >= 11 is 0. The van der Waals surface area contributed by atoms with E-state index in [1.165, 1.54) is 48.6 Å². The monoisotopic (exact) mass is 412 g/mol. The first kappa shape index (κ1) is 25.6. The van der Waals surface area contributed by atoms with E-state index in [4.69, 9.17) is 35.0 Å². The van der Waals surface area contributed by atoms with Gasteiger partial charge in [-0.05, 0) is 48.6 Å². The third-order valence-corrected chi connectivity index (χ3v) is 1.65. The number of hydrogen-bond acceptors (Lipinski definition) is 8. The molecular formula is C12H12O12S2. The molecule has 14 heteroatoms. The Kier molecular flexibility index (Phi) is 11.7. The van der Waals surface area contributed by atoms with E-state index in [0.717, 1.165) is 0 Å². The summed E-state index contributed by atoms with van der Waals surface area (Å²) in [6.45, 7) is 0. The molecule has 0 aliphatic heterocycles. The van der Waals surface area contributed by atoms with E-state index in [9.17, 15) is 19.2 Å². The fourth-order valence-electron chi connectivity index (χ4n) is 0.879. The zero-order valence-electron chi connectivity index (χ0n) is 12.5. The average Bonchev–Trinajstić information content (AvgIpc) is 2.42. The maximum atomic E-state index is 10.3. The van der Waals surface area contributed by atoms with Crippen molar-refractivity contribution in [3.05, 3.63) is 48.6 Å². The van der Waals surface area contributed by atoms with Gasteiger partial charge < -0.3 is 0 Å². The van der Waals surface area contributed by atoms with Crippen molar-refractivity contribution in [1.29, 1.82) is 0 Å². The molecule has 2 rings (SSSR count). The third-order valence-electron chi connectivity index (χ3n) is 1.65. The highest BCUT2D eigenvalue weighted by molar-refractivity contribution is 7.80. The van der Waals surface area contributed by atoms with E-state index in [1.54, 1.807) is 0 Å². The van der Waals surface area contributed by atoms with E-state index < -0.39 is 20.8 Å². The van der Waals surface area contributed by atoms with Crippen molar-refractivity contribution in [2.75, 3.05) is 0 Å². The lowest BCUT2D eigenvalue weighted by Crippen LogP contribution is -1.97. The second-order valence-corrected chi connectivity index (χ2v) is 5.63. The summed E-state index contributed by atoms with van der Waals surface area (Å²) in [5.41, 5.74) is 0. The lowest BCUT2D eigenvalue weighted by atomic mass is 10.2. The molecule has 0 aromatic carbocycles. The molecule has 2 aliphatic carbocycles. The van der Waals surface area contributed by atoms with Crippen LogP contribution in [0.15, 0.2) is 48.6 Å². The molecule has 0 bridgehead atoms. The highest BCUT2D eigenvalue weighted by Gasteiger charge is 1.98. The van der Waals surface area contributed by atoms with Gasteiger partial charge in [0.15, 0.2) is 23.1 Å². The van der Waals surface area contributed by atoms with Gasteiger partial charge in [-0.25, -0.2) is 0 Å². The van der Waals surface area contributed by atoms with E-state index >= 15 is 0 Å². The number of hydrogen-bond donors (Lipinski definition) is 4. The van der Waals surface area contributed by atoms with Crippen molar-refractivity contribution in [3.8, 4) is 0 Å². The highest BCUT2D eigenvalue weighted by atomic mass is 32.3. The lowest BCUT2D eigenvalue weighted by molar-refractivity contribution is -0.113. The quantitative estimate of drug-likeness (QED) is 0.284. The van der Waals surface area contributed by atoms with Crippen LogP contribution in [0.2, 0.25) is 0 Å². The van der Waals surface area contributed by atoms with E-state index in [2.05, 4.69) is 0 Å². The molecule has 2 aliphatic rings. The SMILES string of the molecule is O=C1C=CC(=O)C=C1.O=C1C=CC(=O)C=C1.O=S(=O)(O)O.O=S(=O)(O)O. The molecule has 0 aromatic rings. The minimum atomic E-state index is -4.67. The van der Waals surface area contributed by atoms with E-state index in [1.807, 2.05) is 0 Å². The highest BCUT2D eigenvalue weighted by Crippen LogP contribution is 1.91. The van der Waals surface area contributed by atoms with Crippen molar-refractivity contribution < 1.29 is 54.2 Å². The summed E-state index contributed by atoms with van der Waals surface area (Å²) in [5, 5.41) is 0. The number of allylic oxidation sites excluding steroid dienone is 8. The van der Waals surface area contributed by atoms with Crippen LogP contribution < -0.4 is 0 Å². The van der Waals surface area contributed by atoms with Crippen molar-refractivity contribution in [2.45, 2.75) is 0 Å². The van der Waals surface area contributed by atoms with Crippen LogP contribution >= 0.6 is 0 Å². The molecule has 0 unspecified atom stereocenters. The summed E-state index contributed by atoms with van der Waals surface area (Å²) < 4.78 is 63.2. The molecule has 0 saturated heterocycles. The second kappa shape index (κ2) is 11.9. The minimum absolute atomic E-state index is 0.121. The third kappa shape index (κ3) is 29.4. The largest absolute Gasteiger partial charge is 0.394 e. The maximum Gasteiger partial charge on any atom is 0.394 e. The molecule has 0 amide bonds. The minimum Gasteiger partial charge on any atom is -0.290 e. The number of carbonyl (C=O) groups excluding carboxylic acids is 4. The van der Waals surface area contributed by atoms with Crippen molar-refractivity contribution >= 4 is 43.9 Å². The van der Waals surface area contributed by atoms with Crippen LogP contribution in [0, 0.1) is 0 Å². The van der Waals surface area contributed by atoms with Gasteiger partial charge in [0.1, 0.15) is 0 Å². The molecule has 0 saturated carbocycles. The number of rotatable bonds is 0. The van der Waals surface area contributed by atoms with Gasteiger partial charge in [-0.2, -0.15) is 16.8 Å². The summed E-state index contributed by atoms with van der Waals surface area (Å²) in [5.74, 6) is -0.483. The molecule has 144 valence electrons. The van der Waals surface area contributed by atoms with Gasteiger partial charge in [0, 0.05) is 0 Å². The zero-order chi connectivity index (χ0) is 21.0. The molecule has 0 atom stereocenters. The molecule has 0 radical (unpaired) electrons. The maximum absolute atomic E-state index is 10.3. The van der Waals surface area contributed by atoms with Gasteiger partial charge in [-0.1, -0.05) is 0 Å². The molecule has 4 N–H and O–H groups in total. The van der Waals surface area contributed by atoms with Gasteiger partial charge in [0.2, 0.25) is 0 Å². The number of carbonyl (C=O) groups is 4. The van der Waals surface area contributed by atoms with Crippen molar-refractivity contribution in [1.82, 2.24) is 0 Å². The first-order chi connectivity index (χ1) is 11.6. The molecule has 0 fully saturated rings.